The normalized spacial score (nSPS) is 11.6. The summed E-state index contributed by atoms with van der Waals surface area (Å²) in [5.74, 6) is 0.00819. The molecule has 16 heavy (non-hydrogen) atoms. The van der Waals surface area contributed by atoms with E-state index in [4.69, 9.17) is 5.26 Å². The minimum atomic E-state index is -4.47. The first kappa shape index (κ1) is 12.6. The first-order valence-electron chi connectivity index (χ1n) is 4.89. The summed E-state index contributed by atoms with van der Waals surface area (Å²) < 4.78 is 38.0. The second kappa shape index (κ2) is 4.17. The Balaban J connectivity index is 3.49. The van der Waals surface area contributed by atoms with Gasteiger partial charge in [-0.3, -0.25) is 0 Å². The van der Waals surface area contributed by atoms with Gasteiger partial charge in [-0.25, -0.2) is 0 Å². The smallest absolute Gasteiger partial charge is 0.192 e. The number of aryl methyl sites for hydroxylation is 1. The van der Waals surface area contributed by atoms with Crippen LogP contribution in [0.25, 0.3) is 0 Å². The monoisotopic (exact) mass is 227 g/mol. The fraction of sp³-hybridized carbons (Fsp3) is 0.417. The standard InChI is InChI=1S/C12H12F3N/c1-7(2)10-5-11(12(13,14)15)9(6-16)4-8(10)3/h4-5,7H,1-3H3. The highest BCUT2D eigenvalue weighted by Gasteiger charge is 2.34. The number of hydrogen-bond acceptors (Lipinski definition) is 1. The van der Waals surface area contributed by atoms with Crippen molar-refractivity contribution >= 4 is 0 Å². The fourth-order valence-corrected chi connectivity index (χ4v) is 1.67. The number of alkyl halides is 3. The molecule has 0 saturated carbocycles. The van der Waals surface area contributed by atoms with Crippen molar-refractivity contribution in [2.75, 3.05) is 0 Å². The quantitative estimate of drug-likeness (QED) is 0.711. The molecule has 0 bridgehead atoms. The molecule has 0 aliphatic rings. The van der Waals surface area contributed by atoms with Crippen LogP contribution in [0, 0.1) is 18.3 Å². The van der Waals surface area contributed by atoms with Crippen LogP contribution >= 0.6 is 0 Å². The van der Waals surface area contributed by atoms with E-state index in [0.717, 1.165) is 11.6 Å². The summed E-state index contributed by atoms with van der Waals surface area (Å²) in [5.41, 5.74) is 0.199. The molecular formula is C12H12F3N. The number of nitriles is 1. The summed E-state index contributed by atoms with van der Waals surface area (Å²) in [7, 11) is 0. The van der Waals surface area contributed by atoms with Crippen molar-refractivity contribution in [2.24, 2.45) is 0 Å². The molecule has 0 fully saturated rings. The van der Waals surface area contributed by atoms with Crippen molar-refractivity contribution in [3.63, 3.8) is 0 Å². The van der Waals surface area contributed by atoms with Gasteiger partial charge < -0.3 is 0 Å². The van der Waals surface area contributed by atoms with Gasteiger partial charge in [0.25, 0.3) is 0 Å². The van der Waals surface area contributed by atoms with Gasteiger partial charge >= 0.3 is 6.18 Å². The van der Waals surface area contributed by atoms with Crippen molar-refractivity contribution < 1.29 is 13.2 Å². The highest BCUT2D eigenvalue weighted by molar-refractivity contribution is 5.46. The third-order valence-corrected chi connectivity index (χ3v) is 2.45. The maximum absolute atomic E-state index is 12.7. The van der Waals surface area contributed by atoms with Gasteiger partial charge in [0.2, 0.25) is 0 Å². The lowest BCUT2D eigenvalue weighted by Gasteiger charge is -2.15. The van der Waals surface area contributed by atoms with Gasteiger partial charge in [0.1, 0.15) is 0 Å². The summed E-state index contributed by atoms with van der Waals surface area (Å²) in [6, 6.07) is 3.97. The van der Waals surface area contributed by atoms with Gasteiger partial charge in [0, 0.05) is 0 Å². The molecule has 1 aromatic rings. The van der Waals surface area contributed by atoms with Gasteiger partial charge in [-0.05, 0) is 36.1 Å². The maximum atomic E-state index is 12.7. The van der Waals surface area contributed by atoms with Crippen molar-refractivity contribution in [1.29, 1.82) is 5.26 Å². The van der Waals surface area contributed by atoms with Gasteiger partial charge in [-0.1, -0.05) is 13.8 Å². The molecule has 0 radical (unpaired) electrons. The first-order valence-corrected chi connectivity index (χ1v) is 4.89. The molecule has 1 rings (SSSR count). The highest BCUT2D eigenvalue weighted by Crippen LogP contribution is 2.35. The Morgan fingerprint density at radius 2 is 1.81 bits per heavy atom. The van der Waals surface area contributed by atoms with Crippen LogP contribution in [0.15, 0.2) is 12.1 Å². The number of nitrogens with zero attached hydrogens (tertiary/aromatic N) is 1. The lowest BCUT2D eigenvalue weighted by atomic mass is 9.93. The summed E-state index contributed by atoms with van der Waals surface area (Å²) in [4.78, 5) is 0. The van der Waals surface area contributed by atoms with E-state index in [1.165, 1.54) is 6.07 Å². The SMILES string of the molecule is Cc1cc(C#N)c(C(F)(F)F)cc1C(C)C. The van der Waals surface area contributed by atoms with Gasteiger partial charge in [-0.15, -0.1) is 0 Å². The Morgan fingerprint density at radius 3 is 2.19 bits per heavy atom. The van der Waals surface area contributed by atoms with Crippen LogP contribution in [0.4, 0.5) is 13.2 Å². The molecule has 0 aliphatic carbocycles. The summed E-state index contributed by atoms with van der Waals surface area (Å²) >= 11 is 0. The molecule has 1 aromatic carbocycles. The molecule has 86 valence electrons. The van der Waals surface area contributed by atoms with E-state index in [1.54, 1.807) is 13.0 Å². The lowest BCUT2D eigenvalue weighted by molar-refractivity contribution is -0.137. The Morgan fingerprint density at radius 1 is 1.25 bits per heavy atom. The summed E-state index contributed by atoms with van der Waals surface area (Å²) in [5, 5.41) is 8.69. The van der Waals surface area contributed by atoms with Gasteiger partial charge in [-0.2, -0.15) is 18.4 Å². The predicted molar refractivity (Wildman–Crippen MR) is 55.0 cm³/mol. The molecule has 0 N–H and O–H groups in total. The molecule has 0 amide bonds. The van der Waals surface area contributed by atoms with E-state index in [-0.39, 0.29) is 11.5 Å². The summed E-state index contributed by atoms with van der Waals surface area (Å²) in [6.45, 7) is 5.37. The predicted octanol–water partition coefficient (Wildman–Crippen LogP) is 4.01. The number of hydrogen-bond donors (Lipinski definition) is 0. The zero-order valence-corrected chi connectivity index (χ0v) is 9.31. The Kier molecular flexibility index (Phi) is 3.27. The second-order valence-electron chi connectivity index (χ2n) is 4.02. The molecule has 0 spiro atoms. The van der Waals surface area contributed by atoms with Crippen LogP contribution in [0.2, 0.25) is 0 Å². The van der Waals surface area contributed by atoms with Crippen LogP contribution in [0.1, 0.15) is 42.0 Å². The minimum absolute atomic E-state index is 0.00819. The third kappa shape index (κ3) is 2.35. The van der Waals surface area contributed by atoms with E-state index < -0.39 is 11.7 Å². The van der Waals surface area contributed by atoms with E-state index >= 15 is 0 Å². The van der Waals surface area contributed by atoms with Crippen LogP contribution < -0.4 is 0 Å². The molecule has 0 saturated heterocycles. The fourth-order valence-electron chi connectivity index (χ4n) is 1.67. The number of rotatable bonds is 1. The summed E-state index contributed by atoms with van der Waals surface area (Å²) in [6.07, 6.45) is -4.47. The molecule has 0 unspecified atom stereocenters. The molecule has 4 heteroatoms. The van der Waals surface area contributed by atoms with Crippen LogP contribution in [-0.2, 0) is 6.18 Å². The van der Waals surface area contributed by atoms with E-state index in [9.17, 15) is 13.2 Å². The molecule has 0 heterocycles. The minimum Gasteiger partial charge on any atom is -0.192 e. The zero-order valence-electron chi connectivity index (χ0n) is 9.31. The van der Waals surface area contributed by atoms with Crippen molar-refractivity contribution in [2.45, 2.75) is 32.9 Å². The largest absolute Gasteiger partial charge is 0.417 e. The Labute approximate surface area is 92.5 Å². The van der Waals surface area contributed by atoms with Crippen LogP contribution in [0.5, 0.6) is 0 Å². The Bertz CT molecular complexity index is 439. The number of benzene rings is 1. The Hall–Kier alpha value is -1.50. The maximum Gasteiger partial charge on any atom is 0.417 e. The topological polar surface area (TPSA) is 23.8 Å². The zero-order chi connectivity index (χ0) is 12.5. The molecule has 1 nitrogen and oxygen atoms in total. The van der Waals surface area contributed by atoms with Crippen molar-refractivity contribution in [3.8, 4) is 6.07 Å². The van der Waals surface area contributed by atoms with E-state index in [0.29, 0.717) is 5.56 Å². The van der Waals surface area contributed by atoms with Gasteiger partial charge in [0.05, 0.1) is 17.2 Å². The molecule has 0 aliphatic heterocycles. The van der Waals surface area contributed by atoms with Crippen molar-refractivity contribution in [3.05, 3.63) is 34.4 Å². The van der Waals surface area contributed by atoms with Gasteiger partial charge in [0.15, 0.2) is 0 Å². The molecular weight excluding hydrogens is 215 g/mol. The molecule has 0 atom stereocenters. The van der Waals surface area contributed by atoms with E-state index in [1.807, 2.05) is 13.8 Å². The lowest BCUT2D eigenvalue weighted by Crippen LogP contribution is -2.10. The number of halogens is 3. The molecule has 0 aromatic heterocycles. The third-order valence-electron chi connectivity index (χ3n) is 2.45. The van der Waals surface area contributed by atoms with Crippen LogP contribution in [-0.4, -0.2) is 0 Å². The first-order chi connectivity index (χ1) is 7.27. The van der Waals surface area contributed by atoms with Crippen LogP contribution in [0.3, 0.4) is 0 Å². The highest BCUT2D eigenvalue weighted by atomic mass is 19.4. The second-order valence-corrected chi connectivity index (χ2v) is 4.02. The average molecular weight is 227 g/mol. The van der Waals surface area contributed by atoms with Crippen molar-refractivity contribution in [1.82, 2.24) is 0 Å². The van der Waals surface area contributed by atoms with E-state index in [2.05, 4.69) is 0 Å². The average Bonchev–Trinajstić information content (AvgIpc) is 2.14.